The van der Waals surface area contributed by atoms with Crippen LogP contribution in [-0.2, 0) is 25.3 Å². The Morgan fingerprint density at radius 1 is 1.27 bits per heavy atom. The Morgan fingerprint density at radius 2 is 2.00 bits per heavy atom. The van der Waals surface area contributed by atoms with Crippen molar-refractivity contribution in [3.8, 4) is 0 Å². The van der Waals surface area contributed by atoms with E-state index in [-0.39, 0.29) is 34.6 Å². The maximum Gasteiger partial charge on any atom is 0.240 e. The van der Waals surface area contributed by atoms with Crippen molar-refractivity contribution in [1.29, 1.82) is 0 Å². The van der Waals surface area contributed by atoms with Crippen molar-refractivity contribution in [3.05, 3.63) is 33.6 Å². The molecule has 3 rings (SSSR count). The third-order valence-corrected chi connectivity index (χ3v) is 7.71. The summed E-state index contributed by atoms with van der Waals surface area (Å²) in [5.41, 5.74) is 1.43. The fourth-order valence-corrected chi connectivity index (χ4v) is 6.03. The molecule has 1 N–H and O–H groups in total. The molecule has 1 atom stereocenters. The highest BCUT2D eigenvalue weighted by atomic mass is 32.2. The maximum absolute atomic E-state index is 13.4. The van der Waals surface area contributed by atoms with E-state index in [1.165, 1.54) is 4.88 Å². The number of nitrogens with zero attached hydrogens (tertiary/aromatic N) is 3. The van der Waals surface area contributed by atoms with Crippen LogP contribution in [0.5, 0.6) is 0 Å². The highest BCUT2D eigenvalue weighted by Crippen LogP contribution is 2.49. The summed E-state index contributed by atoms with van der Waals surface area (Å²) in [5, 5.41) is 10.1. The van der Waals surface area contributed by atoms with Crippen LogP contribution in [0.2, 0.25) is 0 Å². The second-order valence-corrected chi connectivity index (χ2v) is 12.4. The minimum Gasteiger partial charge on any atom is -0.385 e. The Hall–Kier alpha value is -1.84. The highest BCUT2D eigenvalue weighted by molar-refractivity contribution is 8.00. The number of carbonyl (C=O) groups is 2. The summed E-state index contributed by atoms with van der Waals surface area (Å²) < 4.78 is 7.01. The number of carbonyl (C=O) groups excluding carboxylic acids is 2. The van der Waals surface area contributed by atoms with Gasteiger partial charge in [0.1, 0.15) is 12.4 Å². The zero-order valence-corrected chi connectivity index (χ0v) is 22.4. The number of thiophene rings is 1. The Bertz CT molecular complexity index is 971. The van der Waals surface area contributed by atoms with Crippen LogP contribution in [0.4, 0.5) is 5.82 Å². The minimum absolute atomic E-state index is 0.0101. The normalized spacial score (nSPS) is 17.1. The third kappa shape index (κ3) is 5.81. The Kier molecular flexibility index (Phi) is 7.96. The number of anilines is 1. The lowest BCUT2D eigenvalue weighted by Gasteiger charge is -2.28. The molecule has 0 bridgehead atoms. The lowest BCUT2D eigenvalue weighted by atomic mass is 9.88. The van der Waals surface area contributed by atoms with E-state index in [2.05, 4.69) is 58.3 Å². The molecular weight excluding hydrogens is 456 g/mol. The summed E-state index contributed by atoms with van der Waals surface area (Å²) in [6.07, 6.45) is 0.728. The van der Waals surface area contributed by atoms with Gasteiger partial charge in [-0.2, -0.15) is 5.10 Å². The van der Waals surface area contributed by atoms with Gasteiger partial charge in [0.15, 0.2) is 0 Å². The van der Waals surface area contributed by atoms with Gasteiger partial charge in [0.05, 0.1) is 22.2 Å². The number of aromatic nitrogens is 2. The molecule has 0 radical (unpaired) electrons. The Labute approximate surface area is 205 Å². The predicted octanol–water partition coefficient (Wildman–Crippen LogP) is 4.32. The first-order valence-electron chi connectivity index (χ1n) is 11.3. The van der Waals surface area contributed by atoms with E-state index < -0.39 is 0 Å². The predicted molar refractivity (Wildman–Crippen MR) is 136 cm³/mol. The lowest BCUT2D eigenvalue weighted by Crippen LogP contribution is -2.44. The summed E-state index contributed by atoms with van der Waals surface area (Å²) in [4.78, 5) is 29.1. The zero-order chi connectivity index (χ0) is 24.4. The van der Waals surface area contributed by atoms with Crippen molar-refractivity contribution < 1.29 is 14.3 Å². The Morgan fingerprint density at radius 3 is 2.58 bits per heavy atom. The number of rotatable bonds is 7. The third-order valence-electron chi connectivity index (χ3n) is 5.39. The van der Waals surface area contributed by atoms with Gasteiger partial charge in [-0.05, 0) is 38.6 Å². The smallest absolute Gasteiger partial charge is 0.240 e. The first kappa shape index (κ1) is 25.8. The summed E-state index contributed by atoms with van der Waals surface area (Å²) in [6.45, 7) is 13.8. The quantitative estimate of drug-likeness (QED) is 0.583. The molecule has 1 unspecified atom stereocenters. The topological polar surface area (TPSA) is 76.5 Å². The number of ether oxygens (including phenoxy) is 1. The average Bonchev–Trinajstić information content (AvgIpc) is 3.35. The van der Waals surface area contributed by atoms with Crippen molar-refractivity contribution in [3.63, 3.8) is 0 Å². The van der Waals surface area contributed by atoms with Gasteiger partial charge in [-0.1, -0.05) is 26.8 Å². The van der Waals surface area contributed by atoms with Gasteiger partial charge in [-0.3, -0.25) is 14.5 Å². The number of amides is 2. The monoisotopic (exact) mass is 492 g/mol. The fraction of sp³-hybridized carbons (Fsp3) is 0.625. The van der Waals surface area contributed by atoms with Crippen LogP contribution < -0.4 is 10.2 Å². The fourth-order valence-electron chi connectivity index (χ4n) is 3.85. The SMILES string of the molecule is COCCCNC(=O)CN1C(=O)CSC(c2cccs2)c2c(C(C)(C)C)nn(C(C)(C)C)c21. The number of thioether (sulfide) groups is 1. The van der Waals surface area contributed by atoms with E-state index in [9.17, 15) is 9.59 Å². The summed E-state index contributed by atoms with van der Waals surface area (Å²) in [7, 11) is 1.64. The van der Waals surface area contributed by atoms with Gasteiger partial charge >= 0.3 is 0 Å². The number of hydrogen-bond donors (Lipinski definition) is 1. The van der Waals surface area contributed by atoms with E-state index in [1.54, 1.807) is 35.1 Å². The van der Waals surface area contributed by atoms with E-state index in [4.69, 9.17) is 9.84 Å². The maximum atomic E-state index is 13.4. The van der Waals surface area contributed by atoms with Crippen molar-refractivity contribution in [2.24, 2.45) is 0 Å². The first-order valence-corrected chi connectivity index (χ1v) is 13.2. The lowest BCUT2D eigenvalue weighted by molar-refractivity contribution is -0.123. The van der Waals surface area contributed by atoms with Crippen LogP contribution in [-0.4, -0.2) is 54.2 Å². The summed E-state index contributed by atoms with van der Waals surface area (Å²) in [6, 6.07) is 4.17. The number of fused-ring (bicyclic) bond motifs is 1. The van der Waals surface area contributed by atoms with Crippen molar-refractivity contribution in [1.82, 2.24) is 15.1 Å². The Balaban J connectivity index is 2.13. The molecule has 2 amide bonds. The molecule has 3 heterocycles. The standard InChI is InChI=1S/C24H36N4O3S2/c1-23(2,3)21-19-20(16-10-8-13-32-16)33-15-18(30)27(14-17(29)25-11-9-12-31-7)22(19)28(26-21)24(4,5)6/h8,10,13,20H,9,11-12,14-15H2,1-7H3,(H,25,29). The van der Waals surface area contributed by atoms with Gasteiger partial charge in [-0.15, -0.1) is 23.1 Å². The summed E-state index contributed by atoms with van der Waals surface area (Å²) in [5.74, 6) is 0.803. The van der Waals surface area contributed by atoms with Crippen molar-refractivity contribution >= 4 is 40.7 Å². The van der Waals surface area contributed by atoms with Gasteiger partial charge in [-0.25, -0.2) is 4.68 Å². The summed E-state index contributed by atoms with van der Waals surface area (Å²) >= 11 is 3.31. The van der Waals surface area contributed by atoms with E-state index in [0.29, 0.717) is 18.9 Å². The molecule has 2 aromatic rings. The van der Waals surface area contributed by atoms with Gasteiger partial charge in [0.25, 0.3) is 0 Å². The van der Waals surface area contributed by atoms with Gasteiger partial charge in [0, 0.05) is 36.1 Å². The molecule has 9 heteroatoms. The average molecular weight is 493 g/mol. The second-order valence-electron chi connectivity index (χ2n) is 10.3. The molecular formula is C24H36N4O3S2. The van der Waals surface area contributed by atoms with Crippen LogP contribution in [0.1, 0.15) is 69.3 Å². The largest absolute Gasteiger partial charge is 0.385 e. The van der Waals surface area contributed by atoms with Gasteiger partial charge in [0.2, 0.25) is 11.8 Å². The van der Waals surface area contributed by atoms with E-state index >= 15 is 0 Å². The number of nitrogens with one attached hydrogen (secondary N) is 1. The van der Waals surface area contributed by atoms with Crippen LogP contribution in [0, 0.1) is 0 Å². The molecule has 0 saturated heterocycles. The number of hydrogen-bond acceptors (Lipinski definition) is 6. The van der Waals surface area contributed by atoms with E-state index in [0.717, 1.165) is 23.5 Å². The highest BCUT2D eigenvalue weighted by Gasteiger charge is 2.41. The molecule has 33 heavy (non-hydrogen) atoms. The van der Waals surface area contributed by atoms with Crippen LogP contribution >= 0.6 is 23.1 Å². The van der Waals surface area contributed by atoms with Crippen LogP contribution in [0.15, 0.2) is 17.5 Å². The van der Waals surface area contributed by atoms with Gasteiger partial charge < -0.3 is 10.1 Å². The molecule has 0 fully saturated rings. The molecule has 2 aromatic heterocycles. The zero-order valence-electron chi connectivity index (χ0n) is 20.7. The molecule has 0 aliphatic carbocycles. The minimum atomic E-state index is -0.365. The van der Waals surface area contributed by atoms with Crippen molar-refractivity contribution in [2.45, 2.75) is 64.2 Å². The molecule has 0 aromatic carbocycles. The molecule has 182 valence electrons. The molecule has 0 spiro atoms. The second kappa shape index (κ2) is 10.2. The van der Waals surface area contributed by atoms with Crippen molar-refractivity contribution in [2.75, 3.05) is 37.5 Å². The molecule has 1 aliphatic rings. The van der Waals surface area contributed by atoms with E-state index in [1.807, 2.05) is 10.7 Å². The van der Waals surface area contributed by atoms with Crippen LogP contribution in [0.3, 0.4) is 0 Å². The molecule has 1 aliphatic heterocycles. The first-order chi connectivity index (χ1) is 15.4. The molecule has 7 nitrogen and oxygen atoms in total. The van der Waals surface area contributed by atoms with Crippen LogP contribution in [0.25, 0.3) is 0 Å². The molecule has 0 saturated carbocycles. The number of methoxy groups -OCH3 is 1.